The first-order chi connectivity index (χ1) is 8.74. The molecular weight excluding hydrogens is 228 g/mol. The minimum atomic E-state index is 0.175. The smallest absolute Gasteiger partial charge is 0.223 e. The Morgan fingerprint density at radius 3 is 2.78 bits per heavy atom. The molecule has 4 heteroatoms. The Bertz CT molecular complexity index is 403. The second-order valence-corrected chi connectivity index (χ2v) is 4.64. The average Bonchev–Trinajstić information content (AvgIpc) is 2.89. The highest BCUT2D eigenvalue weighted by molar-refractivity contribution is 5.76. The number of likely N-dealkylation sites (tertiary alicyclic amines) is 1. The van der Waals surface area contributed by atoms with Crippen molar-refractivity contribution >= 4 is 5.91 Å². The van der Waals surface area contributed by atoms with Gasteiger partial charge in [-0.05, 0) is 24.1 Å². The van der Waals surface area contributed by atoms with E-state index in [-0.39, 0.29) is 5.91 Å². The molecule has 0 saturated carbocycles. The van der Waals surface area contributed by atoms with Gasteiger partial charge < -0.3 is 15.4 Å². The molecule has 1 aromatic rings. The number of methoxy groups -OCH3 is 1. The fourth-order valence-electron chi connectivity index (χ4n) is 2.42. The van der Waals surface area contributed by atoms with Crippen LogP contribution in [0.1, 0.15) is 24.3 Å². The summed E-state index contributed by atoms with van der Waals surface area (Å²) in [6, 6.07) is 8.11. The van der Waals surface area contributed by atoms with Gasteiger partial charge in [-0.3, -0.25) is 4.79 Å². The van der Waals surface area contributed by atoms with Crippen molar-refractivity contribution < 1.29 is 9.53 Å². The van der Waals surface area contributed by atoms with Gasteiger partial charge in [0.25, 0.3) is 0 Å². The fraction of sp³-hybridized carbons (Fsp3) is 0.500. The molecule has 0 aromatic heterocycles. The van der Waals surface area contributed by atoms with Crippen LogP contribution >= 0.6 is 0 Å². The lowest BCUT2D eigenvalue weighted by atomic mass is 9.98. The van der Waals surface area contributed by atoms with Gasteiger partial charge in [-0.15, -0.1) is 0 Å². The molecule has 18 heavy (non-hydrogen) atoms. The molecule has 0 bridgehead atoms. The van der Waals surface area contributed by atoms with E-state index in [1.54, 1.807) is 7.11 Å². The third-order valence-electron chi connectivity index (χ3n) is 3.49. The number of nitrogens with two attached hydrogens (primary N) is 1. The maximum atomic E-state index is 11.7. The number of carbonyl (C=O) groups excluding carboxylic acids is 1. The summed E-state index contributed by atoms with van der Waals surface area (Å²) in [6.45, 7) is 2.09. The molecule has 1 aromatic carbocycles. The van der Waals surface area contributed by atoms with E-state index in [1.807, 2.05) is 17.0 Å². The first kappa shape index (κ1) is 12.9. The van der Waals surface area contributed by atoms with Gasteiger partial charge in [-0.2, -0.15) is 0 Å². The highest BCUT2D eigenvalue weighted by Crippen LogP contribution is 2.28. The molecule has 98 valence electrons. The van der Waals surface area contributed by atoms with Crippen LogP contribution < -0.4 is 10.5 Å². The fourth-order valence-corrected chi connectivity index (χ4v) is 2.42. The third-order valence-corrected chi connectivity index (χ3v) is 3.49. The Kier molecular flexibility index (Phi) is 4.20. The summed E-state index contributed by atoms with van der Waals surface area (Å²) < 4.78 is 5.14. The van der Waals surface area contributed by atoms with Crippen LogP contribution in [0.2, 0.25) is 0 Å². The number of rotatable bonds is 4. The van der Waals surface area contributed by atoms with Crippen molar-refractivity contribution in [2.45, 2.75) is 18.8 Å². The van der Waals surface area contributed by atoms with Gasteiger partial charge in [0.05, 0.1) is 7.11 Å². The largest absolute Gasteiger partial charge is 0.497 e. The van der Waals surface area contributed by atoms with Crippen molar-refractivity contribution in [3.05, 3.63) is 29.8 Å². The first-order valence-electron chi connectivity index (χ1n) is 6.36. The van der Waals surface area contributed by atoms with Gasteiger partial charge in [0, 0.05) is 32.0 Å². The molecule has 2 rings (SSSR count). The molecule has 1 fully saturated rings. The Balaban J connectivity index is 1.97. The Morgan fingerprint density at radius 1 is 1.44 bits per heavy atom. The van der Waals surface area contributed by atoms with Gasteiger partial charge >= 0.3 is 0 Å². The number of ether oxygens (including phenoxy) is 1. The van der Waals surface area contributed by atoms with Crippen molar-refractivity contribution in [2.75, 3.05) is 26.7 Å². The maximum absolute atomic E-state index is 11.7. The number of amides is 1. The number of nitrogens with zero attached hydrogens (tertiary/aromatic N) is 1. The van der Waals surface area contributed by atoms with Crippen molar-refractivity contribution in [1.29, 1.82) is 0 Å². The zero-order valence-corrected chi connectivity index (χ0v) is 10.8. The first-order valence-corrected chi connectivity index (χ1v) is 6.36. The zero-order valence-electron chi connectivity index (χ0n) is 10.8. The van der Waals surface area contributed by atoms with E-state index in [2.05, 4.69) is 12.1 Å². The summed E-state index contributed by atoms with van der Waals surface area (Å²) in [5.74, 6) is 1.49. The molecular formula is C14H20N2O2. The van der Waals surface area contributed by atoms with Gasteiger partial charge in [0.15, 0.2) is 0 Å². The molecule has 0 radical (unpaired) electrons. The minimum Gasteiger partial charge on any atom is -0.497 e. The van der Waals surface area contributed by atoms with Crippen LogP contribution in [-0.2, 0) is 4.79 Å². The molecule has 1 amide bonds. The summed E-state index contributed by atoms with van der Waals surface area (Å²) in [4.78, 5) is 13.7. The SMILES string of the molecule is COc1ccc(C2CCN(C(=O)CCN)C2)cc1. The van der Waals surface area contributed by atoms with Crippen LogP contribution in [-0.4, -0.2) is 37.6 Å². The Hall–Kier alpha value is -1.55. The lowest BCUT2D eigenvalue weighted by Gasteiger charge is -2.16. The summed E-state index contributed by atoms with van der Waals surface area (Å²) in [5.41, 5.74) is 6.69. The van der Waals surface area contributed by atoms with E-state index >= 15 is 0 Å². The van der Waals surface area contributed by atoms with Gasteiger partial charge in [-0.1, -0.05) is 12.1 Å². The second kappa shape index (κ2) is 5.87. The van der Waals surface area contributed by atoms with Crippen molar-refractivity contribution in [2.24, 2.45) is 5.73 Å². The molecule has 1 atom stereocenters. The molecule has 1 aliphatic rings. The number of carbonyl (C=O) groups is 1. The molecule has 1 aliphatic heterocycles. The van der Waals surface area contributed by atoms with Crippen LogP contribution in [0.5, 0.6) is 5.75 Å². The number of hydrogen-bond acceptors (Lipinski definition) is 3. The van der Waals surface area contributed by atoms with E-state index in [0.717, 1.165) is 25.3 Å². The Morgan fingerprint density at radius 2 is 2.17 bits per heavy atom. The van der Waals surface area contributed by atoms with Crippen molar-refractivity contribution in [3.63, 3.8) is 0 Å². The molecule has 4 nitrogen and oxygen atoms in total. The third kappa shape index (κ3) is 2.82. The summed E-state index contributed by atoms with van der Waals surface area (Å²) in [5, 5.41) is 0. The normalized spacial score (nSPS) is 19.0. The predicted octanol–water partition coefficient (Wildman–Crippen LogP) is 1.36. The van der Waals surface area contributed by atoms with Crippen molar-refractivity contribution in [1.82, 2.24) is 4.90 Å². The number of hydrogen-bond donors (Lipinski definition) is 1. The van der Waals surface area contributed by atoms with Gasteiger partial charge in [0.2, 0.25) is 5.91 Å². The molecule has 2 N–H and O–H groups in total. The van der Waals surface area contributed by atoms with E-state index < -0.39 is 0 Å². The van der Waals surface area contributed by atoms with E-state index in [1.165, 1.54) is 5.56 Å². The van der Waals surface area contributed by atoms with E-state index in [0.29, 0.717) is 18.9 Å². The van der Waals surface area contributed by atoms with Crippen LogP contribution in [0, 0.1) is 0 Å². The van der Waals surface area contributed by atoms with Crippen LogP contribution in [0.15, 0.2) is 24.3 Å². The van der Waals surface area contributed by atoms with Crippen molar-refractivity contribution in [3.8, 4) is 5.75 Å². The lowest BCUT2D eigenvalue weighted by Crippen LogP contribution is -2.29. The zero-order chi connectivity index (χ0) is 13.0. The summed E-state index contributed by atoms with van der Waals surface area (Å²) >= 11 is 0. The molecule has 1 saturated heterocycles. The van der Waals surface area contributed by atoms with Crippen LogP contribution in [0.25, 0.3) is 0 Å². The van der Waals surface area contributed by atoms with Crippen LogP contribution in [0.4, 0.5) is 0 Å². The van der Waals surface area contributed by atoms with Gasteiger partial charge in [0.1, 0.15) is 5.75 Å². The highest BCUT2D eigenvalue weighted by Gasteiger charge is 2.26. The average molecular weight is 248 g/mol. The second-order valence-electron chi connectivity index (χ2n) is 4.64. The van der Waals surface area contributed by atoms with Crippen LogP contribution in [0.3, 0.4) is 0 Å². The van der Waals surface area contributed by atoms with E-state index in [9.17, 15) is 4.79 Å². The lowest BCUT2D eigenvalue weighted by molar-refractivity contribution is -0.129. The summed E-state index contributed by atoms with van der Waals surface area (Å²) in [6.07, 6.45) is 1.48. The topological polar surface area (TPSA) is 55.6 Å². The van der Waals surface area contributed by atoms with E-state index in [4.69, 9.17) is 10.5 Å². The standard InChI is InChI=1S/C14H20N2O2/c1-18-13-4-2-11(3-5-13)12-7-9-16(10-12)14(17)6-8-15/h2-5,12H,6-10,15H2,1H3. The Labute approximate surface area is 108 Å². The summed E-state index contributed by atoms with van der Waals surface area (Å²) in [7, 11) is 1.66. The maximum Gasteiger partial charge on any atom is 0.223 e. The predicted molar refractivity (Wildman–Crippen MR) is 70.6 cm³/mol. The molecule has 0 aliphatic carbocycles. The molecule has 0 spiro atoms. The van der Waals surface area contributed by atoms with Gasteiger partial charge in [-0.25, -0.2) is 0 Å². The molecule has 1 heterocycles. The monoisotopic (exact) mass is 248 g/mol. The molecule has 1 unspecified atom stereocenters. The number of benzene rings is 1. The highest BCUT2D eigenvalue weighted by atomic mass is 16.5. The minimum absolute atomic E-state index is 0.175. The quantitative estimate of drug-likeness (QED) is 0.875.